The highest BCUT2D eigenvalue weighted by Crippen LogP contribution is 2.21. The second-order valence-electron chi connectivity index (χ2n) is 4.31. The Balaban J connectivity index is 4.52. The topological polar surface area (TPSA) is 77.8 Å². The number of rotatable bonds is 12. The van der Waals surface area contributed by atoms with Gasteiger partial charge in [0.2, 0.25) is 0 Å². The lowest BCUT2D eigenvalue weighted by Gasteiger charge is -2.28. The second-order valence-corrected chi connectivity index (χ2v) is 7.04. The first-order valence-corrected chi connectivity index (χ1v) is 9.50. The van der Waals surface area contributed by atoms with Crippen LogP contribution in [0.2, 0.25) is 6.04 Å². The van der Waals surface area contributed by atoms with Gasteiger partial charge in [-0.15, -0.1) is 0 Å². The third-order valence-electron chi connectivity index (χ3n) is 2.80. The largest absolute Gasteiger partial charge is 0.500 e. The van der Waals surface area contributed by atoms with Crippen LogP contribution < -0.4 is 0 Å². The Morgan fingerprint density at radius 1 is 1.05 bits per heavy atom. The average molecular weight is 317 g/mol. The molecule has 0 heterocycles. The average Bonchev–Trinajstić information content (AvgIpc) is 2.44. The van der Waals surface area contributed by atoms with Crippen LogP contribution in [0.15, 0.2) is 0 Å². The molecule has 0 saturated carbocycles. The normalized spacial score (nSPS) is 12.7. The van der Waals surface area contributed by atoms with Gasteiger partial charge in [0, 0.05) is 25.9 Å². The first-order chi connectivity index (χ1) is 10.1. The van der Waals surface area contributed by atoms with Gasteiger partial charge in [0.1, 0.15) is 5.92 Å². The van der Waals surface area contributed by atoms with E-state index in [-0.39, 0.29) is 6.61 Å². The Morgan fingerprint density at radius 2 is 1.57 bits per heavy atom. The Labute approximate surface area is 128 Å². The van der Waals surface area contributed by atoms with Gasteiger partial charge in [0.05, 0.1) is 12.7 Å². The van der Waals surface area contributed by atoms with Crippen molar-refractivity contribution in [1.29, 1.82) is 5.26 Å². The fraction of sp³-hybridized carbons (Fsp3) is 0.857. The first kappa shape index (κ1) is 20.1. The van der Waals surface area contributed by atoms with Crippen LogP contribution in [0.1, 0.15) is 40.5 Å². The van der Waals surface area contributed by atoms with E-state index in [9.17, 15) is 4.79 Å². The van der Waals surface area contributed by atoms with E-state index in [2.05, 4.69) is 0 Å². The van der Waals surface area contributed by atoms with Gasteiger partial charge < -0.3 is 18.0 Å². The number of ether oxygens (including phenoxy) is 1. The highest BCUT2D eigenvalue weighted by atomic mass is 28.4. The molecule has 0 aliphatic carbocycles. The summed E-state index contributed by atoms with van der Waals surface area (Å²) in [4.78, 5) is 11.6. The molecule has 1 unspecified atom stereocenters. The van der Waals surface area contributed by atoms with Crippen LogP contribution in [-0.2, 0) is 22.8 Å². The highest BCUT2D eigenvalue weighted by molar-refractivity contribution is 6.60. The molecular formula is C14H27NO5Si. The van der Waals surface area contributed by atoms with Gasteiger partial charge in [-0.3, -0.25) is 4.79 Å². The van der Waals surface area contributed by atoms with Crippen LogP contribution in [-0.4, -0.2) is 41.2 Å². The number of esters is 1. The molecule has 0 amide bonds. The lowest BCUT2D eigenvalue weighted by Crippen LogP contribution is -2.46. The van der Waals surface area contributed by atoms with E-state index in [0.29, 0.717) is 38.7 Å². The van der Waals surface area contributed by atoms with Crippen molar-refractivity contribution in [2.45, 2.75) is 46.6 Å². The number of nitriles is 1. The minimum absolute atomic E-state index is 0.284. The molecule has 0 aromatic heterocycles. The Kier molecular flexibility index (Phi) is 11.2. The number of nitrogens with zero attached hydrogens (tertiary/aromatic N) is 1. The van der Waals surface area contributed by atoms with Crippen molar-refractivity contribution in [2.75, 3.05) is 26.4 Å². The lowest BCUT2D eigenvalue weighted by molar-refractivity contribution is -0.146. The van der Waals surface area contributed by atoms with E-state index in [1.165, 1.54) is 0 Å². The smallest absolute Gasteiger partial charge is 0.465 e. The summed E-state index contributed by atoms with van der Waals surface area (Å²) in [6.07, 6.45) is 1.06. The number of hydrogen-bond donors (Lipinski definition) is 0. The molecule has 0 aromatic carbocycles. The predicted molar refractivity (Wildman–Crippen MR) is 80.4 cm³/mol. The first-order valence-electron chi connectivity index (χ1n) is 7.57. The zero-order chi connectivity index (χ0) is 16.1. The number of carbonyl (C=O) groups excluding carboxylic acids is 1. The fourth-order valence-electron chi connectivity index (χ4n) is 2.00. The molecule has 1 atom stereocenters. The zero-order valence-corrected chi connectivity index (χ0v) is 14.5. The maximum atomic E-state index is 11.6. The van der Waals surface area contributed by atoms with Crippen molar-refractivity contribution in [2.24, 2.45) is 5.92 Å². The van der Waals surface area contributed by atoms with Crippen LogP contribution in [0.3, 0.4) is 0 Å². The third kappa shape index (κ3) is 7.57. The second kappa shape index (κ2) is 11.7. The molecule has 0 rings (SSSR count). The summed E-state index contributed by atoms with van der Waals surface area (Å²) in [5.41, 5.74) is 0. The fourth-order valence-corrected chi connectivity index (χ4v) is 4.64. The maximum Gasteiger partial charge on any atom is 0.500 e. The van der Waals surface area contributed by atoms with E-state index >= 15 is 0 Å². The summed E-state index contributed by atoms with van der Waals surface area (Å²) in [5, 5.41) is 9.03. The van der Waals surface area contributed by atoms with E-state index in [1.807, 2.05) is 26.8 Å². The molecule has 0 saturated heterocycles. The van der Waals surface area contributed by atoms with Gasteiger partial charge >= 0.3 is 14.8 Å². The third-order valence-corrected chi connectivity index (χ3v) is 5.95. The van der Waals surface area contributed by atoms with E-state index in [1.54, 1.807) is 6.92 Å². The molecule has 0 bridgehead atoms. The summed E-state index contributed by atoms with van der Waals surface area (Å²) in [5.74, 6) is -1.20. The van der Waals surface area contributed by atoms with Gasteiger partial charge in [-0.25, -0.2) is 0 Å². The Hall–Kier alpha value is -0.943. The van der Waals surface area contributed by atoms with Crippen LogP contribution >= 0.6 is 0 Å². The van der Waals surface area contributed by atoms with Crippen LogP contribution in [0.4, 0.5) is 0 Å². The van der Waals surface area contributed by atoms with Crippen molar-refractivity contribution >= 4 is 14.8 Å². The van der Waals surface area contributed by atoms with Crippen molar-refractivity contribution < 1.29 is 22.8 Å². The van der Waals surface area contributed by atoms with Gasteiger partial charge in [0.15, 0.2) is 0 Å². The van der Waals surface area contributed by atoms with Crippen molar-refractivity contribution in [3.8, 4) is 6.07 Å². The monoisotopic (exact) mass is 317 g/mol. The predicted octanol–water partition coefficient (Wildman–Crippen LogP) is 2.52. The SMILES string of the molecule is CCOC(=O)C(C#N)CCC[Si](OCC)(OCC)OCC. The molecule has 0 fully saturated rings. The molecular weight excluding hydrogens is 290 g/mol. The van der Waals surface area contributed by atoms with Crippen molar-refractivity contribution in [3.63, 3.8) is 0 Å². The van der Waals surface area contributed by atoms with Crippen LogP contribution in [0.5, 0.6) is 0 Å². The molecule has 21 heavy (non-hydrogen) atoms. The van der Waals surface area contributed by atoms with Gasteiger partial charge in [0.25, 0.3) is 0 Å². The molecule has 6 nitrogen and oxygen atoms in total. The van der Waals surface area contributed by atoms with Crippen molar-refractivity contribution in [3.05, 3.63) is 0 Å². The zero-order valence-electron chi connectivity index (χ0n) is 13.5. The number of carbonyl (C=O) groups is 1. The van der Waals surface area contributed by atoms with Crippen molar-refractivity contribution in [1.82, 2.24) is 0 Å². The summed E-state index contributed by atoms with van der Waals surface area (Å²) in [6, 6.07) is 2.58. The number of hydrogen-bond acceptors (Lipinski definition) is 6. The summed E-state index contributed by atoms with van der Waals surface area (Å²) >= 11 is 0. The molecule has 0 aromatic rings. The van der Waals surface area contributed by atoms with Gasteiger partial charge in [-0.2, -0.15) is 5.26 Å². The van der Waals surface area contributed by atoms with Gasteiger partial charge in [-0.1, -0.05) is 0 Å². The van der Waals surface area contributed by atoms with Crippen LogP contribution in [0, 0.1) is 17.2 Å². The quantitative estimate of drug-likeness (QED) is 0.406. The van der Waals surface area contributed by atoms with E-state index in [4.69, 9.17) is 23.3 Å². The molecule has 0 aliphatic heterocycles. The van der Waals surface area contributed by atoms with Crippen LogP contribution in [0.25, 0.3) is 0 Å². The minimum Gasteiger partial charge on any atom is -0.465 e. The van der Waals surface area contributed by atoms with Gasteiger partial charge in [-0.05, 0) is 40.5 Å². The lowest BCUT2D eigenvalue weighted by atomic mass is 10.1. The molecule has 0 radical (unpaired) electrons. The minimum atomic E-state index is -2.69. The van der Waals surface area contributed by atoms with E-state index in [0.717, 1.165) is 0 Å². The Morgan fingerprint density at radius 3 is 1.95 bits per heavy atom. The molecule has 7 heteroatoms. The molecule has 0 N–H and O–H groups in total. The molecule has 0 aliphatic rings. The maximum absolute atomic E-state index is 11.6. The molecule has 122 valence electrons. The van der Waals surface area contributed by atoms with E-state index < -0.39 is 20.7 Å². The summed E-state index contributed by atoms with van der Waals surface area (Å²) < 4.78 is 22.1. The Bertz CT molecular complexity index is 315. The summed E-state index contributed by atoms with van der Waals surface area (Å²) in [6.45, 7) is 9.27. The standard InChI is InChI=1S/C14H27NO5Si/c1-5-17-14(16)13(12-15)10-9-11-21(18-6-2,19-7-3)20-8-4/h13H,5-11H2,1-4H3. The highest BCUT2D eigenvalue weighted by Gasteiger charge is 2.40. The molecule has 0 spiro atoms. The summed E-state index contributed by atoms with van der Waals surface area (Å²) in [7, 11) is -2.69.